The number of morpholine rings is 1. The molecule has 0 radical (unpaired) electrons. The van der Waals surface area contributed by atoms with Crippen molar-refractivity contribution in [2.24, 2.45) is 0 Å². The minimum Gasteiger partial charge on any atom is -0.374 e. The van der Waals surface area contributed by atoms with Crippen molar-refractivity contribution in [1.82, 2.24) is 4.90 Å². The largest absolute Gasteiger partial charge is 0.374 e. The monoisotopic (exact) mass is 338 g/mol. The first kappa shape index (κ1) is 16.3. The number of hydrogen-bond donors (Lipinski definition) is 1. The molecule has 0 unspecified atom stereocenters. The lowest BCUT2D eigenvalue weighted by atomic mass is 9.89. The molecule has 2 atom stereocenters. The average Bonchev–Trinajstić information content (AvgIpc) is 2.53. The van der Waals surface area contributed by atoms with Crippen LogP contribution in [-0.4, -0.2) is 50.8 Å². The van der Waals surface area contributed by atoms with Crippen LogP contribution in [0.3, 0.4) is 0 Å². The number of carbonyl (C=O) groups excluding carboxylic acids is 1. The molecule has 1 saturated heterocycles. The van der Waals surface area contributed by atoms with Gasteiger partial charge in [0.05, 0.1) is 36.3 Å². The number of sulfonamides is 1. The van der Waals surface area contributed by atoms with E-state index in [0.717, 1.165) is 31.9 Å². The zero-order valence-electron chi connectivity index (χ0n) is 13.2. The van der Waals surface area contributed by atoms with Crippen molar-refractivity contribution in [3.8, 4) is 0 Å². The van der Waals surface area contributed by atoms with Crippen molar-refractivity contribution in [3.63, 3.8) is 0 Å². The molecule has 23 heavy (non-hydrogen) atoms. The van der Waals surface area contributed by atoms with Gasteiger partial charge in [0.1, 0.15) is 0 Å². The van der Waals surface area contributed by atoms with Gasteiger partial charge in [0.2, 0.25) is 10.0 Å². The van der Waals surface area contributed by atoms with Gasteiger partial charge in [0.15, 0.2) is 0 Å². The zero-order chi connectivity index (χ0) is 16.4. The van der Waals surface area contributed by atoms with Crippen molar-refractivity contribution in [2.45, 2.75) is 37.8 Å². The van der Waals surface area contributed by atoms with Crippen LogP contribution in [0.4, 0.5) is 5.69 Å². The van der Waals surface area contributed by atoms with E-state index in [9.17, 15) is 13.2 Å². The number of benzene rings is 1. The van der Waals surface area contributed by atoms with Gasteiger partial charge in [0, 0.05) is 6.54 Å². The van der Waals surface area contributed by atoms with Crippen molar-refractivity contribution in [1.29, 1.82) is 0 Å². The summed E-state index contributed by atoms with van der Waals surface area (Å²) in [5.41, 5.74) is 0.725. The Balaban J connectivity index is 1.88. The second-order valence-corrected chi connectivity index (χ2v) is 7.93. The number of rotatable bonds is 3. The summed E-state index contributed by atoms with van der Waals surface area (Å²) in [5, 5.41) is 0. The van der Waals surface area contributed by atoms with Crippen LogP contribution in [0.25, 0.3) is 0 Å². The first-order chi connectivity index (χ1) is 11.0. The summed E-state index contributed by atoms with van der Waals surface area (Å²) in [5.74, 6) is -0.128. The fraction of sp³-hybridized carbons (Fsp3) is 0.562. The van der Waals surface area contributed by atoms with Crippen molar-refractivity contribution in [3.05, 3.63) is 29.8 Å². The Morgan fingerprint density at radius 1 is 1.26 bits per heavy atom. The van der Waals surface area contributed by atoms with E-state index in [1.54, 1.807) is 24.3 Å². The zero-order valence-corrected chi connectivity index (χ0v) is 14.0. The summed E-state index contributed by atoms with van der Waals surface area (Å²) in [4.78, 5) is 14.9. The van der Waals surface area contributed by atoms with Crippen LogP contribution in [0.2, 0.25) is 0 Å². The standard InChI is InChI=1S/C16H22N2O4S/c1-23(20,21)17-13-7-3-2-6-12(13)16(19)18-10-11-22-15-9-5-4-8-14(15)18/h2-3,6-7,14-15,17H,4-5,8-11H2,1H3/t14-,15+/m0/s1. The molecule has 0 bridgehead atoms. The van der Waals surface area contributed by atoms with E-state index < -0.39 is 10.0 Å². The third-order valence-electron chi connectivity index (χ3n) is 4.45. The molecule has 6 nitrogen and oxygen atoms in total. The lowest BCUT2D eigenvalue weighted by molar-refractivity contribution is -0.0752. The molecule has 1 amide bonds. The lowest BCUT2D eigenvalue weighted by Crippen LogP contribution is -2.54. The first-order valence-corrected chi connectivity index (χ1v) is 9.84. The number of nitrogens with one attached hydrogen (secondary N) is 1. The third kappa shape index (κ3) is 3.67. The highest BCUT2D eigenvalue weighted by Crippen LogP contribution is 2.30. The summed E-state index contributed by atoms with van der Waals surface area (Å²) >= 11 is 0. The molecule has 1 heterocycles. The predicted molar refractivity (Wildman–Crippen MR) is 87.9 cm³/mol. The summed E-state index contributed by atoms with van der Waals surface area (Å²) in [6.45, 7) is 1.09. The topological polar surface area (TPSA) is 75.7 Å². The molecule has 7 heteroatoms. The molecule has 1 aliphatic carbocycles. The number of anilines is 1. The fourth-order valence-corrected chi connectivity index (χ4v) is 4.04. The van der Waals surface area contributed by atoms with Crippen LogP contribution in [0, 0.1) is 0 Å². The van der Waals surface area contributed by atoms with Gasteiger partial charge in [-0.05, 0) is 25.0 Å². The summed E-state index contributed by atoms with van der Waals surface area (Å²) in [7, 11) is -3.43. The van der Waals surface area contributed by atoms with Gasteiger partial charge in [-0.25, -0.2) is 8.42 Å². The Hall–Kier alpha value is -1.60. The van der Waals surface area contributed by atoms with Crippen LogP contribution in [0.1, 0.15) is 36.0 Å². The van der Waals surface area contributed by atoms with E-state index in [0.29, 0.717) is 24.4 Å². The minimum absolute atomic E-state index is 0.0938. The Morgan fingerprint density at radius 2 is 2.00 bits per heavy atom. The van der Waals surface area contributed by atoms with Crippen LogP contribution in [0.15, 0.2) is 24.3 Å². The second kappa shape index (κ2) is 6.49. The lowest BCUT2D eigenvalue weighted by Gasteiger charge is -2.44. The number of carbonyl (C=O) groups is 1. The summed E-state index contributed by atoms with van der Waals surface area (Å²) in [6.07, 6.45) is 5.35. The summed E-state index contributed by atoms with van der Waals surface area (Å²) in [6, 6.07) is 6.85. The number of fused-ring (bicyclic) bond motifs is 1. The maximum absolute atomic E-state index is 13.0. The third-order valence-corrected chi connectivity index (χ3v) is 5.04. The normalized spacial score (nSPS) is 24.8. The van der Waals surface area contributed by atoms with Gasteiger partial charge in [-0.15, -0.1) is 0 Å². The van der Waals surface area contributed by atoms with Crippen LogP contribution >= 0.6 is 0 Å². The molecule has 0 aromatic heterocycles. The molecule has 126 valence electrons. The van der Waals surface area contributed by atoms with Crippen LogP contribution < -0.4 is 4.72 Å². The summed E-state index contributed by atoms with van der Waals surface area (Å²) < 4.78 is 31.3. The maximum atomic E-state index is 13.0. The molecule has 3 rings (SSSR count). The van der Waals surface area contributed by atoms with Gasteiger partial charge in [-0.2, -0.15) is 0 Å². The number of ether oxygens (including phenoxy) is 1. The molecule has 1 saturated carbocycles. The molecular weight excluding hydrogens is 316 g/mol. The molecule has 2 aliphatic rings. The molecule has 1 aliphatic heterocycles. The van der Waals surface area contributed by atoms with Gasteiger partial charge in [-0.1, -0.05) is 25.0 Å². The Bertz CT molecular complexity index is 687. The minimum atomic E-state index is -3.43. The van der Waals surface area contributed by atoms with Gasteiger partial charge in [-0.3, -0.25) is 9.52 Å². The van der Waals surface area contributed by atoms with E-state index in [2.05, 4.69) is 4.72 Å². The number of amides is 1. The molecule has 1 aromatic rings. The fourth-order valence-electron chi connectivity index (χ4n) is 3.46. The molecule has 0 spiro atoms. The highest BCUT2D eigenvalue weighted by molar-refractivity contribution is 7.92. The van der Waals surface area contributed by atoms with Gasteiger partial charge in [0.25, 0.3) is 5.91 Å². The first-order valence-electron chi connectivity index (χ1n) is 7.95. The van der Waals surface area contributed by atoms with Crippen LogP contribution in [-0.2, 0) is 14.8 Å². The number of para-hydroxylation sites is 1. The Morgan fingerprint density at radius 3 is 2.78 bits per heavy atom. The highest BCUT2D eigenvalue weighted by atomic mass is 32.2. The molecule has 1 aromatic carbocycles. The average molecular weight is 338 g/mol. The second-order valence-electron chi connectivity index (χ2n) is 6.18. The number of nitrogens with zero attached hydrogens (tertiary/aromatic N) is 1. The number of hydrogen-bond acceptors (Lipinski definition) is 4. The Kier molecular flexibility index (Phi) is 4.59. The van der Waals surface area contributed by atoms with Crippen molar-refractivity contribution < 1.29 is 17.9 Å². The predicted octanol–water partition coefficient (Wildman–Crippen LogP) is 1.84. The smallest absolute Gasteiger partial charge is 0.256 e. The van der Waals surface area contributed by atoms with Crippen molar-refractivity contribution in [2.75, 3.05) is 24.1 Å². The van der Waals surface area contributed by atoms with Gasteiger partial charge >= 0.3 is 0 Å². The molecule has 1 N–H and O–H groups in total. The van der Waals surface area contributed by atoms with E-state index >= 15 is 0 Å². The highest BCUT2D eigenvalue weighted by Gasteiger charge is 2.37. The SMILES string of the molecule is CS(=O)(=O)Nc1ccccc1C(=O)N1CCO[C@@H]2CCCC[C@@H]21. The van der Waals surface area contributed by atoms with E-state index in [1.807, 2.05) is 4.90 Å². The molecular formula is C16H22N2O4S. The van der Waals surface area contributed by atoms with Crippen molar-refractivity contribution >= 4 is 21.6 Å². The van der Waals surface area contributed by atoms with E-state index in [1.165, 1.54) is 0 Å². The Labute approximate surface area is 136 Å². The maximum Gasteiger partial charge on any atom is 0.256 e. The molecule has 2 fully saturated rings. The van der Waals surface area contributed by atoms with E-state index in [4.69, 9.17) is 4.74 Å². The van der Waals surface area contributed by atoms with Crippen LogP contribution in [0.5, 0.6) is 0 Å². The van der Waals surface area contributed by atoms with Gasteiger partial charge < -0.3 is 9.64 Å². The van der Waals surface area contributed by atoms with E-state index in [-0.39, 0.29) is 18.1 Å². The quantitative estimate of drug-likeness (QED) is 0.912.